The summed E-state index contributed by atoms with van der Waals surface area (Å²) in [6.07, 6.45) is -1.40. The van der Waals surface area contributed by atoms with Crippen LogP contribution in [0.1, 0.15) is 39.0 Å². The third kappa shape index (κ3) is 5.09. The molecule has 0 bridgehead atoms. The number of alkyl carbamates (subject to hydrolysis) is 1. The van der Waals surface area contributed by atoms with E-state index in [4.69, 9.17) is 4.74 Å². The van der Waals surface area contributed by atoms with Gasteiger partial charge in [-0.15, -0.1) is 11.3 Å². The van der Waals surface area contributed by atoms with Crippen molar-refractivity contribution in [2.24, 2.45) is 0 Å². The number of aliphatic carboxylic acids is 1. The fourth-order valence-corrected chi connectivity index (χ4v) is 5.07. The smallest absolute Gasteiger partial charge is 0.407 e. The summed E-state index contributed by atoms with van der Waals surface area (Å²) in [6.45, 7) is 3.99. The number of nitrogens with zero attached hydrogens (tertiary/aromatic N) is 1. The first-order valence-electron chi connectivity index (χ1n) is 10.9. The van der Waals surface area contributed by atoms with Gasteiger partial charge >= 0.3 is 12.1 Å². The number of carboxylic acids is 1. The van der Waals surface area contributed by atoms with E-state index in [1.807, 2.05) is 62.4 Å². The zero-order valence-corrected chi connectivity index (χ0v) is 19.6. The molecule has 3 N–H and O–H groups in total. The Morgan fingerprint density at radius 2 is 1.68 bits per heavy atom. The lowest BCUT2D eigenvalue weighted by atomic mass is 9.98. The maximum absolute atomic E-state index is 12.6. The lowest BCUT2D eigenvalue weighted by Gasteiger charge is -2.18. The number of benzene rings is 2. The largest absolute Gasteiger partial charge is 0.481 e. The molecule has 8 nitrogen and oxygen atoms in total. The summed E-state index contributed by atoms with van der Waals surface area (Å²) in [4.78, 5) is 41.6. The van der Waals surface area contributed by atoms with Crippen molar-refractivity contribution in [1.29, 1.82) is 0 Å². The first-order valence-corrected chi connectivity index (χ1v) is 11.7. The van der Waals surface area contributed by atoms with Crippen molar-refractivity contribution in [2.45, 2.75) is 38.8 Å². The van der Waals surface area contributed by atoms with Crippen LogP contribution in [0.15, 0.2) is 48.5 Å². The molecular weight excluding hydrogens is 454 g/mol. The average Bonchev–Trinajstić information content (AvgIpc) is 3.31. The van der Waals surface area contributed by atoms with Gasteiger partial charge in [-0.2, -0.15) is 0 Å². The molecule has 1 aromatic heterocycles. The molecule has 4 rings (SSSR count). The van der Waals surface area contributed by atoms with Crippen molar-refractivity contribution in [3.63, 3.8) is 0 Å². The zero-order chi connectivity index (χ0) is 24.2. The molecule has 34 heavy (non-hydrogen) atoms. The van der Waals surface area contributed by atoms with Gasteiger partial charge in [0.15, 0.2) is 0 Å². The van der Waals surface area contributed by atoms with Crippen LogP contribution in [0.2, 0.25) is 0 Å². The molecule has 0 spiro atoms. The molecular formula is C25H25N3O5S. The van der Waals surface area contributed by atoms with Gasteiger partial charge in [-0.25, -0.2) is 9.78 Å². The Labute approximate surface area is 201 Å². The average molecular weight is 480 g/mol. The lowest BCUT2D eigenvalue weighted by molar-refractivity contribution is -0.139. The van der Waals surface area contributed by atoms with Gasteiger partial charge < -0.3 is 20.5 Å². The molecule has 2 amide bonds. The number of thiazole rings is 1. The van der Waals surface area contributed by atoms with E-state index >= 15 is 0 Å². The highest BCUT2D eigenvalue weighted by atomic mass is 32.1. The van der Waals surface area contributed by atoms with Gasteiger partial charge in [-0.3, -0.25) is 9.59 Å². The molecule has 1 atom stereocenters. The van der Waals surface area contributed by atoms with Crippen molar-refractivity contribution in [3.05, 3.63) is 75.2 Å². The molecule has 9 heteroatoms. The molecule has 1 heterocycles. The van der Waals surface area contributed by atoms with Crippen molar-refractivity contribution >= 4 is 29.3 Å². The summed E-state index contributed by atoms with van der Waals surface area (Å²) in [5.74, 6) is -1.94. The monoisotopic (exact) mass is 479 g/mol. The number of amides is 2. The highest BCUT2D eigenvalue weighted by Crippen LogP contribution is 2.44. The number of hydrogen-bond donors (Lipinski definition) is 3. The number of carbonyl (C=O) groups is 3. The van der Waals surface area contributed by atoms with Crippen LogP contribution in [-0.2, 0) is 20.9 Å². The summed E-state index contributed by atoms with van der Waals surface area (Å²) in [5, 5.41) is 15.2. The Morgan fingerprint density at radius 3 is 2.24 bits per heavy atom. The second-order valence-electron chi connectivity index (χ2n) is 8.08. The SMILES string of the molecule is Cc1nc(C)c(CNC(=O)C(CC(=O)O)NC(=O)OCC2c3ccccc3-c3ccccc32)s1. The summed E-state index contributed by atoms with van der Waals surface area (Å²) < 4.78 is 5.46. The highest BCUT2D eigenvalue weighted by Gasteiger charge is 2.30. The van der Waals surface area contributed by atoms with Crippen LogP contribution in [0.4, 0.5) is 4.79 Å². The summed E-state index contributed by atoms with van der Waals surface area (Å²) in [6, 6.07) is 14.6. The van der Waals surface area contributed by atoms with E-state index in [1.165, 1.54) is 11.3 Å². The van der Waals surface area contributed by atoms with Crippen LogP contribution in [-0.4, -0.2) is 40.7 Å². The van der Waals surface area contributed by atoms with Crippen molar-refractivity contribution in [1.82, 2.24) is 15.6 Å². The zero-order valence-electron chi connectivity index (χ0n) is 18.8. The van der Waals surface area contributed by atoms with E-state index < -0.39 is 30.4 Å². The third-order valence-electron chi connectivity index (χ3n) is 5.75. The fourth-order valence-electron chi connectivity index (χ4n) is 4.19. The van der Waals surface area contributed by atoms with E-state index in [9.17, 15) is 19.5 Å². The number of hydrogen-bond acceptors (Lipinski definition) is 6. The van der Waals surface area contributed by atoms with Crippen LogP contribution in [0.5, 0.6) is 0 Å². The van der Waals surface area contributed by atoms with E-state index in [0.717, 1.165) is 37.8 Å². The quantitative estimate of drug-likeness (QED) is 0.453. The minimum absolute atomic E-state index is 0.0700. The maximum atomic E-state index is 12.6. The molecule has 0 aliphatic heterocycles. The lowest BCUT2D eigenvalue weighted by Crippen LogP contribution is -2.48. The van der Waals surface area contributed by atoms with Crippen molar-refractivity contribution in [2.75, 3.05) is 6.61 Å². The van der Waals surface area contributed by atoms with Crippen LogP contribution in [0.25, 0.3) is 11.1 Å². The second-order valence-corrected chi connectivity index (χ2v) is 9.37. The number of nitrogens with one attached hydrogen (secondary N) is 2. The predicted octanol–water partition coefficient (Wildman–Crippen LogP) is 3.76. The van der Waals surface area contributed by atoms with Crippen molar-refractivity contribution < 1.29 is 24.2 Å². The number of aryl methyl sites for hydroxylation is 2. The maximum Gasteiger partial charge on any atom is 0.407 e. The summed E-state index contributed by atoms with van der Waals surface area (Å²) >= 11 is 1.45. The minimum Gasteiger partial charge on any atom is -0.481 e. The van der Waals surface area contributed by atoms with Crippen LogP contribution >= 0.6 is 11.3 Å². The molecule has 176 valence electrons. The van der Waals surface area contributed by atoms with Gasteiger partial charge in [0.1, 0.15) is 12.6 Å². The highest BCUT2D eigenvalue weighted by molar-refractivity contribution is 7.11. The number of aromatic nitrogens is 1. The molecule has 2 aromatic carbocycles. The van der Waals surface area contributed by atoms with Gasteiger partial charge in [0.2, 0.25) is 5.91 Å². The van der Waals surface area contributed by atoms with E-state index in [1.54, 1.807) is 0 Å². The van der Waals surface area contributed by atoms with Gasteiger partial charge in [0.05, 0.1) is 23.7 Å². The van der Waals surface area contributed by atoms with Gasteiger partial charge in [-0.05, 0) is 36.1 Å². The predicted molar refractivity (Wildman–Crippen MR) is 128 cm³/mol. The first kappa shape index (κ1) is 23.4. The summed E-state index contributed by atoms with van der Waals surface area (Å²) in [7, 11) is 0. The van der Waals surface area contributed by atoms with E-state index in [0.29, 0.717) is 0 Å². The number of fused-ring (bicyclic) bond motifs is 3. The van der Waals surface area contributed by atoms with Gasteiger partial charge in [0, 0.05) is 10.8 Å². The van der Waals surface area contributed by atoms with Crippen molar-refractivity contribution in [3.8, 4) is 11.1 Å². The number of ether oxygens (including phenoxy) is 1. The first-order chi connectivity index (χ1) is 16.3. The summed E-state index contributed by atoms with van der Waals surface area (Å²) in [5.41, 5.74) is 5.13. The molecule has 1 unspecified atom stereocenters. The molecule has 1 aliphatic rings. The number of carbonyl (C=O) groups excluding carboxylic acids is 2. The molecule has 0 saturated carbocycles. The Kier molecular flexibility index (Phi) is 6.93. The number of rotatable bonds is 8. The standard InChI is InChI=1S/C25H25N3O5S/c1-14-22(34-15(2)27-14)12-26-24(31)21(11-23(29)30)28-25(32)33-13-20-18-9-5-3-7-16(18)17-8-4-6-10-19(17)20/h3-10,20-21H,11-13H2,1-2H3,(H,26,31)(H,28,32)(H,29,30). The Balaban J connectivity index is 1.39. The fraction of sp³-hybridized carbons (Fsp3) is 0.280. The Hall–Kier alpha value is -3.72. The third-order valence-corrected chi connectivity index (χ3v) is 6.83. The van der Waals surface area contributed by atoms with E-state index in [-0.39, 0.29) is 19.1 Å². The molecule has 3 aromatic rings. The Bertz CT molecular complexity index is 1190. The normalized spacial score (nSPS) is 13.0. The van der Waals surface area contributed by atoms with Gasteiger partial charge in [0.25, 0.3) is 0 Å². The van der Waals surface area contributed by atoms with Crippen LogP contribution < -0.4 is 10.6 Å². The molecule has 0 saturated heterocycles. The second kappa shape index (κ2) is 10.0. The van der Waals surface area contributed by atoms with Gasteiger partial charge in [-0.1, -0.05) is 48.5 Å². The van der Waals surface area contributed by atoms with Crippen LogP contribution in [0, 0.1) is 13.8 Å². The minimum atomic E-state index is -1.26. The molecule has 1 aliphatic carbocycles. The van der Waals surface area contributed by atoms with E-state index in [2.05, 4.69) is 15.6 Å². The molecule has 0 fully saturated rings. The van der Waals surface area contributed by atoms with Crippen LogP contribution in [0.3, 0.4) is 0 Å². The molecule has 0 radical (unpaired) electrons. The topological polar surface area (TPSA) is 118 Å². The Morgan fingerprint density at radius 1 is 1.06 bits per heavy atom. The number of carboxylic acid groups (broad SMARTS) is 1.